The number of rotatable bonds is 5. The summed E-state index contributed by atoms with van der Waals surface area (Å²) >= 11 is 0. The molecule has 1 amide bonds. The largest absolute Gasteiger partial charge is 0.434 e. The van der Waals surface area contributed by atoms with E-state index in [1.807, 2.05) is 0 Å². The van der Waals surface area contributed by atoms with Crippen molar-refractivity contribution in [2.24, 2.45) is 0 Å². The highest BCUT2D eigenvalue weighted by Crippen LogP contribution is 2.22. The Morgan fingerprint density at radius 1 is 1.04 bits per heavy atom. The molecule has 0 aliphatic carbocycles. The molecule has 0 saturated heterocycles. The summed E-state index contributed by atoms with van der Waals surface area (Å²) in [5.74, 6) is -4.01. The van der Waals surface area contributed by atoms with Gasteiger partial charge < -0.3 is 10.1 Å². The van der Waals surface area contributed by atoms with E-state index >= 15 is 0 Å². The van der Waals surface area contributed by atoms with Crippen molar-refractivity contribution in [2.75, 3.05) is 0 Å². The maximum Gasteiger partial charge on any atom is 0.387 e. The molecule has 3 nitrogen and oxygen atoms in total. The lowest BCUT2D eigenvalue weighted by atomic mass is 10.1. The first-order chi connectivity index (χ1) is 10.9. The molecule has 0 aromatic heterocycles. The van der Waals surface area contributed by atoms with Crippen LogP contribution in [-0.4, -0.2) is 12.5 Å². The molecule has 122 valence electrons. The molecule has 0 radical (unpaired) electrons. The summed E-state index contributed by atoms with van der Waals surface area (Å²) in [5, 5.41) is 2.26. The van der Waals surface area contributed by atoms with E-state index in [4.69, 9.17) is 0 Å². The van der Waals surface area contributed by atoms with E-state index in [-0.39, 0.29) is 17.7 Å². The Morgan fingerprint density at radius 3 is 2.35 bits per heavy atom. The quantitative estimate of drug-likeness (QED) is 0.850. The Labute approximate surface area is 127 Å². The highest BCUT2D eigenvalue weighted by molar-refractivity contribution is 5.96. The van der Waals surface area contributed by atoms with Crippen LogP contribution in [0, 0.1) is 17.5 Å². The second kappa shape index (κ2) is 7.08. The maximum atomic E-state index is 13.4. The molecule has 8 heteroatoms. The molecule has 0 atom stereocenters. The third-order valence-electron chi connectivity index (χ3n) is 2.86. The number of amides is 1. The summed E-state index contributed by atoms with van der Waals surface area (Å²) in [4.78, 5) is 12.0. The van der Waals surface area contributed by atoms with Crippen molar-refractivity contribution in [1.29, 1.82) is 0 Å². The SMILES string of the molecule is O=C(NCc1ccc(F)cc1F)c1ccc(F)cc1OC(F)F. The van der Waals surface area contributed by atoms with Crippen molar-refractivity contribution in [3.8, 4) is 5.75 Å². The summed E-state index contributed by atoms with van der Waals surface area (Å²) in [5.41, 5.74) is -0.340. The van der Waals surface area contributed by atoms with Gasteiger partial charge in [-0.3, -0.25) is 4.79 Å². The molecule has 2 rings (SSSR count). The molecule has 0 fully saturated rings. The van der Waals surface area contributed by atoms with Crippen molar-refractivity contribution in [1.82, 2.24) is 5.32 Å². The number of halogens is 5. The zero-order valence-corrected chi connectivity index (χ0v) is 11.5. The van der Waals surface area contributed by atoms with Crippen molar-refractivity contribution in [3.05, 3.63) is 65.0 Å². The number of ether oxygens (including phenoxy) is 1. The second-order valence-corrected chi connectivity index (χ2v) is 4.44. The molecule has 0 aliphatic rings. The minimum absolute atomic E-state index is 0.00168. The molecule has 0 aliphatic heterocycles. The summed E-state index contributed by atoms with van der Waals surface area (Å²) in [6.45, 7) is -3.55. The van der Waals surface area contributed by atoms with Crippen LogP contribution >= 0.6 is 0 Å². The lowest BCUT2D eigenvalue weighted by Gasteiger charge is -2.11. The highest BCUT2D eigenvalue weighted by atomic mass is 19.3. The zero-order valence-electron chi connectivity index (χ0n) is 11.5. The van der Waals surface area contributed by atoms with Gasteiger partial charge in [0.25, 0.3) is 5.91 Å². The Kier molecular flexibility index (Phi) is 5.15. The van der Waals surface area contributed by atoms with E-state index in [2.05, 4.69) is 10.1 Å². The molecule has 0 bridgehead atoms. The van der Waals surface area contributed by atoms with E-state index in [9.17, 15) is 26.7 Å². The van der Waals surface area contributed by atoms with Crippen LogP contribution in [0.4, 0.5) is 22.0 Å². The second-order valence-electron chi connectivity index (χ2n) is 4.44. The molecule has 0 heterocycles. The fourth-order valence-electron chi connectivity index (χ4n) is 1.81. The molecular weight excluding hydrogens is 321 g/mol. The summed E-state index contributed by atoms with van der Waals surface area (Å²) in [7, 11) is 0. The molecule has 0 saturated carbocycles. The van der Waals surface area contributed by atoms with Gasteiger partial charge in [0.2, 0.25) is 0 Å². The highest BCUT2D eigenvalue weighted by Gasteiger charge is 2.17. The summed E-state index contributed by atoms with van der Waals surface area (Å²) in [6.07, 6.45) is 0. The number of benzene rings is 2. The van der Waals surface area contributed by atoms with Crippen molar-refractivity contribution in [2.45, 2.75) is 13.2 Å². The first-order valence-electron chi connectivity index (χ1n) is 6.33. The zero-order chi connectivity index (χ0) is 17.0. The number of hydrogen-bond donors (Lipinski definition) is 1. The molecule has 0 unspecified atom stereocenters. The molecule has 2 aromatic rings. The number of hydrogen-bond acceptors (Lipinski definition) is 2. The molecule has 1 N–H and O–H groups in total. The third-order valence-corrected chi connectivity index (χ3v) is 2.86. The Balaban J connectivity index is 2.14. The monoisotopic (exact) mass is 331 g/mol. The summed E-state index contributed by atoms with van der Waals surface area (Å²) < 4.78 is 67.9. The first kappa shape index (κ1) is 16.7. The van der Waals surface area contributed by atoms with E-state index in [0.29, 0.717) is 12.1 Å². The van der Waals surface area contributed by atoms with E-state index < -0.39 is 35.7 Å². The first-order valence-corrected chi connectivity index (χ1v) is 6.33. The van der Waals surface area contributed by atoms with Gasteiger partial charge in [-0.05, 0) is 18.2 Å². The van der Waals surface area contributed by atoms with Crippen LogP contribution in [0.25, 0.3) is 0 Å². The van der Waals surface area contributed by atoms with Crippen LogP contribution in [0.3, 0.4) is 0 Å². The van der Waals surface area contributed by atoms with E-state index in [1.165, 1.54) is 0 Å². The van der Waals surface area contributed by atoms with E-state index in [1.54, 1.807) is 0 Å². The third kappa shape index (κ3) is 4.41. The predicted octanol–water partition coefficient (Wildman–Crippen LogP) is 3.64. The fourth-order valence-corrected chi connectivity index (χ4v) is 1.81. The van der Waals surface area contributed by atoms with Crippen LogP contribution in [0.1, 0.15) is 15.9 Å². The van der Waals surface area contributed by atoms with Gasteiger partial charge in [0.15, 0.2) is 0 Å². The van der Waals surface area contributed by atoms with Gasteiger partial charge >= 0.3 is 6.61 Å². The maximum absolute atomic E-state index is 13.4. The van der Waals surface area contributed by atoms with Crippen LogP contribution < -0.4 is 10.1 Å². The Hall–Kier alpha value is -2.64. The average Bonchev–Trinajstić information content (AvgIpc) is 2.45. The number of alkyl halides is 2. The Bertz CT molecular complexity index is 721. The van der Waals surface area contributed by atoms with Gasteiger partial charge in [-0.2, -0.15) is 8.78 Å². The van der Waals surface area contributed by atoms with Gasteiger partial charge in [0, 0.05) is 24.2 Å². The van der Waals surface area contributed by atoms with E-state index in [0.717, 1.165) is 24.3 Å². The lowest BCUT2D eigenvalue weighted by Crippen LogP contribution is -2.24. The van der Waals surface area contributed by atoms with Crippen molar-refractivity contribution >= 4 is 5.91 Å². The summed E-state index contributed by atoms with van der Waals surface area (Å²) in [6, 6.07) is 5.28. The molecule has 0 spiro atoms. The minimum Gasteiger partial charge on any atom is -0.434 e. The van der Waals surface area contributed by atoms with Crippen LogP contribution in [0.5, 0.6) is 5.75 Å². The fraction of sp³-hybridized carbons (Fsp3) is 0.133. The molecule has 2 aromatic carbocycles. The predicted molar refractivity (Wildman–Crippen MR) is 70.6 cm³/mol. The van der Waals surface area contributed by atoms with Crippen LogP contribution in [0.2, 0.25) is 0 Å². The van der Waals surface area contributed by atoms with Gasteiger partial charge in [0.05, 0.1) is 5.56 Å². The minimum atomic E-state index is -3.24. The molecule has 23 heavy (non-hydrogen) atoms. The van der Waals surface area contributed by atoms with Crippen LogP contribution in [0.15, 0.2) is 36.4 Å². The van der Waals surface area contributed by atoms with Gasteiger partial charge in [0.1, 0.15) is 23.2 Å². The Morgan fingerprint density at radius 2 is 1.70 bits per heavy atom. The molecular formula is C15H10F5NO2. The van der Waals surface area contributed by atoms with Gasteiger partial charge in [-0.15, -0.1) is 0 Å². The number of carbonyl (C=O) groups is 1. The lowest BCUT2D eigenvalue weighted by molar-refractivity contribution is -0.0503. The average molecular weight is 331 g/mol. The van der Waals surface area contributed by atoms with Crippen molar-refractivity contribution < 1.29 is 31.5 Å². The van der Waals surface area contributed by atoms with Crippen molar-refractivity contribution in [3.63, 3.8) is 0 Å². The number of carbonyl (C=O) groups excluding carboxylic acids is 1. The van der Waals surface area contributed by atoms with Gasteiger partial charge in [-0.1, -0.05) is 6.07 Å². The van der Waals surface area contributed by atoms with Gasteiger partial charge in [-0.25, -0.2) is 13.2 Å². The normalized spacial score (nSPS) is 10.7. The number of nitrogens with one attached hydrogen (secondary N) is 1. The van der Waals surface area contributed by atoms with Crippen LogP contribution in [-0.2, 0) is 6.54 Å². The standard InChI is InChI=1S/C15H10F5NO2/c16-9-2-1-8(12(18)5-9)7-21-14(22)11-4-3-10(17)6-13(11)23-15(19)20/h1-6,15H,7H2,(H,21,22). The smallest absolute Gasteiger partial charge is 0.387 e. The topological polar surface area (TPSA) is 38.3 Å².